The fraction of sp³-hybridized carbons (Fsp3) is 0.212. The van der Waals surface area contributed by atoms with Gasteiger partial charge in [-0.3, -0.25) is 13.9 Å². The second-order valence-corrected chi connectivity index (χ2v) is 12.4. The van der Waals surface area contributed by atoms with Gasteiger partial charge in [0, 0.05) is 30.6 Å². The predicted octanol–water partition coefficient (Wildman–Crippen LogP) is 5.68. The van der Waals surface area contributed by atoms with Gasteiger partial charge in [-0.25, -0.2) is 12.8 Å². The number of halogens is 2. The highest BCUT2D eigenvalue weighted by atomic mass is 35.5. The molecule has 0 aromatic heterocycles. The summed E-state index contributed by atoms with van der Waals surface area (Å²) in [6, 6.07) is 25.1. The van der Waals surface area contributed by atoms with Gasteiger partial charge in [0.15, 0.2) is 0 Å². The highest BCUT2D eigenvalue weighted by molar-refractivity contribution is 7.92. The lowest BCUT2D eigenvalue weighted by atomic mass is 10.0. The second-order valence-electron chi connectivity index (χ2n) is 10.1. The summed E-state index contributed by atoms with van der Waals surface area (Å²) in [5.74, 6) is -1.71. The standard InChI is InChI=1S/C33H33ClFN3O4S/c1-23-16-18-27(19-17-23)43(41,42)38(30-15-9-13-28(34)24(30)2)22-32(39)37(21-26-12-7-8-14-29(26)35)31(33(40)36-3)20-25-10-5-4-6-11-25/h4-19,31H,20-22H2,1-3H3,(H,36,40)/t31-/m1/s1. The maximum atomic E-state index is 14.9. The van der Waals surface area contributed by atoms with Crippen LogP contribution in [0.25, 0.3) is 0 Å². The Labute approximate surface area is 257 Å². The number of likely N-dealkylation sites (N-methyl/N-ethyl adjacent to an activating group) is 1. The Kier molecular flexibility index (Phi) is 10.2. The molecule has 0 aliphatic heterocycles. The zero-order chi connectivity index (χ0) is 31.1. The lowest BCUT2D eigenvalue weighted by Gasteiger charge is -2.34. The van der Waals surface area contributed by atoms with Crippen molar-refractivity contribution in [2.45, 2.75) is 37.8 Å². The van der Waals surface area contributed by atoms with Gasteiger partial charge in [-0.15, -0.1) is 0 Å². The number of carbonyl (C=O) groups excluding carboxylic acids is 2. The van der Waals surface area contributed by atoms with Crippen LogP contribution in [0.1, 0.15) is 22.3 Å². The van der Waals surface area contributed by atoms with Crippen LogP contribution in [0.2, 0.25) is 5.02 Å². The Balaban J connectivity index is 1.83. The molecule has 43 heavy (non-hydrogen) atoms. The van der Waals surface area contributed by atoms with Gasteiger partial charge in [0.2, 0.25) is 11.8 Å². The van der Waals surface area contributed by atoms with Crippen molar-refractivity contribution in [1.29, 1.82) is 0 Å². The zero-order valence-corrected chi connectivity index (χ0v) is 25.7. The van der Waals surface area contributed by atoms with E-state index in [1.54, 1.807) is 43.3 Å². The molecular formula is C33H33ClFN3O4S. The highest BCUT2D eigenvalue weighted by Crippen LogP contribution is 2.31. The quantitative estimate of drug-likeness (QED) is 0.234. The average Bonchev–Trinajstić information content (AvgIpc) is 3.00. The van der Waals surface area contributed by atoms with Crippen LogP contribution in [0.5, 0.6) is 0 Å². The number of sulfonamides is 1. The van der Waals surface area contributed by atoms with Crippen molar-refractivity contribution >= 4 is 39.1 Å². The number of amides is 2. The predicted molar refractivity (Wildman–Crippen MR) is 167 cm³/mol. The fourth-order valence-electron chi connectivity index (χ4n) is 4.75. The smallest absolute Gasteiger partial charge is 0.264 e. The molecule has 10 heteroatoms. The molecule has 0 radical (unpaired) electrons. The van der Waals surface area contributed by atoms with E-state index >= 15 is 0 Å². The van der Waals surface area contributed by atoms with Crippen LogP contribution >= 0.6 is 11.6 Å². The molecule has 4 aromatic rings. The summed E-state index contributed by atoms with van der Waals surface area (Å²) < 4.78 is 44.1. The van der Waals surface area contributed by atoms with Gasteiger partial charge >= 0.3 is 0 Å². The number of nitrogens with zero attached hydrogens (tertiary/aromatic N) is 2. The number of benzene rings is 4. The molecule has 0 unspecified atom stereocenters. The third kappa shape index (κ3) is 7.42. The van der Waals surface area contributed by atoms with Crippen molar-refractivity contribution in [2.75, 3.05) is 17.9 Å². The molecule has 1 atom stereocenters. The van der Waals surface area contributed by atoms with E-state index in [0.717, 1.165) is 15.4 Å². The molecule has 7 nitrogen and oxygen atoms in total. The number of hydrogen-bond donors (Lipinski definition) is 1. The normalized spacial score (nSPS) is 11.9. The molecule has 0 saturated heterocycles. The maximum Gasteiger partial charge on any atom is 0.264 e. The minimum atomic E-state index is -4.28. The third-order valence-corrected chi connectivity index (χ3v) is 9.40. The zero-order valence-electron chi connectivity index (χ0n) is 24.1. The summed E-state index contributed by atoms with van der Waals surface area (Å²) in [7, 11) is -2.82. The van der Waals surface area contributed by atoms with Crippen molar-refractivity contribution in [3.63, 3.8) is 0 Å². The summed E-state index contributed by atoms with van der Waals surface area (Å²) in [4.78, 5) is 28.8. The van der Waals surface area contributed by atoms with E-state index in [4.69, 9.17) is 11.6 Å². The van der Waals surface area contributed by atoms with Crippen LogP contribution in [0.15, 0.2) is 102 Å². The van der Waals surface area contributed by atoms with Crippen LogP contribution in [0.4, 0.5) is 10.1 Å². The summed E-state index contributed by atoms with van der Waals surface area (Å²) >= 11 is 6.39. The first-order valence-electron chi connectivity index (χ1n) is 13.7. The number of anilines is 1. The maximum absolute atomic E-state index is 14.9. The van der Waals surface area contributed by atoms with Crippen molar-refractivity contribution in [1.82, 2.24) is 10.2 Å². The van der Waals surface area contributed by atoms with Crippen LogP contribution < -0.4 is 9.62 Å². The van der Waals surface area contributed by atoms with Gasteiger partial charge in [0.05, 0.1) is 10.6 Å². The van der Waals surface area contributed by atoms with Crippen molar-refractivity contribution in [2.24, 2.45) is 0 Å². The van der Waals surface area contributed by atoms with Gasteiger partial charge in [-0.1, -0.05) is 83.9 Å². The largest absolute Gasteiger partial charge is 0.357 e. The third-order valence-electron chi connectivity index (χ3n) is 7.21. The molecule has 4 aromatic carbocycles. The van der Waals surface area contributed by atoms with E-state index in [-0.39, 0.29) is 29.1 Å². The van der Waals surface area contributed by atoms with Crippen LogP contribution in [0.3, 0.4) is 0 Å². The van der Waals surface area contributed by atoms with Gasteiger partial charge in [0.25, 0.3) is 10.0 Å². The van der Waals surface area contributed by atoms with Gasteiger partial charge in [0.1, 0.15) is 18.4 Å². The number of aryl methyl sites for hydroxylation is 1. The van der Waals surface area contributed by atoms with Gasteiger partial charge in [-0.05, 0) is 55.3 Å². The fourth-order valence-corrected chi connectivity index (χ4v) is 6.39. The molecule has 0 bridgehead atoms. The Hall–Kier alpha value is -4.21. The van der Waals surface area contributed by atoms with Crippen molar-refractivity contribution in [3.05, 3.63) is 130 Å². The highest BCUT2D eigenvalue weighted by Gasteiger charge is 2.35. The van der Waals surface area contributed by atoms with E-state index in [2.05, 4.69) is 5.32 Å². The Morgan fingerprint density at radius 2 is 1.53 bits per heavy atom. The summed E-state index contributed by atoms with van der Waals surface area (Å²) in [5, 5.41) is 2.93. The molecular weight excluding hydrogens is 589 g/mol. The average molecular weight is 622 g/mol. The first kappa shape index (κ1) is 31.7. The topological polar surface area (TPSA) is 86.8 Å². The van der Waals surface area contributed by atoms with E-state index in [1.165, 1.54) is 42.3 Å². The number of nitrogens with one attached hydrogen (secondary N) is 1. The first-order valence-corrected chi connectivity index (χ1v) is 15.5. The number of hydrogen-bond acceptors (Lipinski definition) is 4. The molecule has 4 rings (SSSR count). The molecule has 2 amide bonds. The molecule has 0 spiro atoms. The lowest BCUT2D eigenvalue weighted by Crippen LogP contribution is -2.53. The van der Waals surface area contributed by atoms with Crippen LogP contribution in [0, 0.1) is 19.7 Å². The number of rotatable bonds is 11. The van der Waals surface area contributed by atoms with Crippen LogP contribution in [-0.2, 0) is 32.6 Å². The Morgan fingerprint density at radius 1 is 0.884 bits per heavy atom. The Morgan fingerprint density at radius 3 is 2.19 bits per heavy atom. The van der Waals surface area contributed by atoms with E-state index in [1.807, 2.05) is 37.3 Å². The summed E-state index contributed by atoms with van der Waals surface area (Å²) in [6.07, 6.45) is 0.127. The molecule has 1 N–H and O–H groups in total. The van der Waals surface area contributed by atoms with E-state index in [9.17, 15) is 22.4 Å². The van der Waals surface area contributed by atoms with Crippen molar-refractivity contribution in [3.8, 4) is 0 Å². The van der Waals surface area contributed by atoms with Gasteiger partial charge in [-0.2, -0.15) is 0 Å². The van der Waals surface area contributed by atoms with E-state index in [0.29, 0.717) is 10.6 Å². The van der Waals surface area contributed by atoms with E-state index < -0.39 is 40.2 Å². The SMILES string of the molecule is CNC(=O)[C@@H](Cc1ccccc1)N(Cc1ccccc1F)C(=O)CN(c1cccc(Cl)c1C)S(=O)(=O)c1ccc(C)cc1. The molecule has 0 saturated carbocycles. The molecule has 0 fully saturated rings. The lowest BCUT2D eigenvalue weighted by molar-refractivity contribution is -0.139. The molecule has 0 heterocycles. The monoisotopic (exact) mass is 621 g/mol. The number of carbonyl (C=O) groups is 2. The Bertz CT molecular complexity index is 1700. The molecule has 0 aliphatic rings. The second kappa shape index (κ2) is 13.8. The minimum absolute atomic E-state index is 0.0157. The van der Waals surface area contributed by atoms with Gasteiger partial charge < -0.3 is 10.2 Å². The summed E-state index contributed by atoms with van der Waals surface area (Å²) in [6.45, 7) is 2.59. The minimum Gasteiger partial charge on any atom is -0.357 e. The first-order chi connectivity index (χ1) is 20.5. The summed E-state index contributed by atoms with van der Waals surface area (Å²) in [5.41, 5.74) is 2.50. The molecule has 224 valence electrons. The van der Waals surface area contributed by atoms with Crippen molar-refractivity contribution < 1.29 is 22.4 Å². The molecule has 0 aliphatic carbocycles. The van der Waals surface area contributed by atoms with Crippen LogP contribution in [-0.4, -0.2) is 44.8 Å².